The number of hydrogen-bond acceptors (Lipinski definition) is 2. The first kappa shape index (κ1) is 20.1. The number of nitrogens with one attached hydrogen (secondary N) is 1. The molecule has 0 saturated heterocycles. The summed E-state index contributed by atoms with van der Waals surface area (Å²) in [4.78, 5) is 17.3. The van der Waals surface area contributed by atoms with E-state index in [0.29, 0.717) is 11.3 Å². The summed E-state index contributed by atoms with van der Waals surface area (Å²) < 4.78 is 28.5. The number of halogens is 2. The van der Waals surface area contributed by atoms with E-state index in [1.54, 1.807) is 29.2 Å². The maximum absolute atomic E-state index is 13.6. The number of rotatable bonds is 4. The first-order valence-electron chi connectivity index (χ1n) is 10.6. The van der Waals surface area contributed by atoms with E-state index in [2.05, 4.69) is 22.4 Å². The van der Waals surface area contributed by atoms with E-state index in [-0.39, 0.29) is 11.9 Å². The molecule has 1 N–H and O–H groups in total. The van der Waals surface area contributed by atoms with Gasteiger partial charge in [0.15, 0.2) is 11.6 Å². The fourth-order valence-electron chi connectivity index (χ4n) is 4.30. The van der Waals surface area contributed by atoms with Gasteiger partial charge in [0.05, 0.1) is 18.6 Å². The molecule has 1 aromatic heterocycles. The molecule has 0 unspecified atom stereocenters. The number of imidazole rings is 1. The van der Waals surface area contributed by atoms with Gasteiger partial charge in [-0.25, -0.2) is 13.8 Å². The average Bonchev–Trinajstić information content (AvgIpc) is 3.31. The van der Waals surface area contributed by atoms with Crippen molar-refractivity contribution in [2.75, 3.05) is 0 Å². The number of benzene rings is 3. The largest absolute Gasteiger partial charge is 0.344 e. The van der Waals surface area contributed by atoms with Crippen molar-refractivity contribution in [3.8, 4) is 16.8 Å². The van der Waals surface area contributed by atoms with E-state index >= 15 is 0 Å². The molecule has 4 nitrogen and oxygen atoms in total. The summed E-state index contributed by atoms with van der Waals surface area (Å²) in [6, 6.07) is 19.3. The molecule has 1 amide bonds. The molecular formula is C26H21F2N3O. The number of amides is 1. The van der Waals surface area contributed by atoms with Crippen LogP contribution < -0.4 is 5.32 Å². The Hall–Kier alpha value is -3.80. The summed E-state index contributed by atoms with van der Waals surface area (Å²) in [7, 11) is 0. The van der Waals surface area contributed by atoms with Gasteiger partial charge in [-0.05, 0) is 65.8 Å². The third-order valence-corrected chi connectivity index (χ3v) is 5.94. The molecule has 3 aromatic carbocycles. The average molecular weight is 429 g/mol. The van der Waals surface area contributed by atoms with E-state index in [1.807, 2.05) is 24.3 Å². The van der Waals surface area contributed by atoms with E-state index in [4.69, 9.17) is 0 Å². The van der Waals surface area contributed by atoms with Crippen molar-refractivity contribution in [2.24, 2.45) is 0 Å². The normalized spacial score (nSPS) is 15.2. The molecule has 1 atom stereocenters. The molecule has 0 radical (unpaired) electrons. The van der Waals surface area contributed by atoms with Crippen LogP contribution in [0.2, 0.25) is 0 Å². The highest BCUT2D eigenvalue weighted by Gasteiger charge is 2.23. The van der Waals surface area contributed by atoms with E-state index in [0.717, 1.165) is 36.6 Å². The Kier molecular flexibility index (Phi) is 5.27. The molecule has 5 rings (SSSR count). The van der Waals surface area contributed by atoms with Crippen LogP contribution in [0.15, 0.2) is 79.3 Å². The smallest absolute Gasteiger partial charge is 0.270 e. The van der Waals surface area contributed by atoms with Crippen molar-refractivity contribution in [1.82, 2.24) is 14.9 Å². The molecule has 0 fully saturated rings. The monoisotopic (exact) mass is 429 g/mol. The topological polar surface area (TPSA) is 46.9 Å². The molecule has 1 aliphatic rings. The third-order valence-electron chi connectivity index (χ3n) is 5.94. The Bertz CT molecular complexity index is 1280. The Balaban J connectivity index is 1.38. The van der Waals surface area contributed by atoms with Crippen LogP contribution in [0, 0.1) is 11.6 Å². The lowest BCUT2D eigenvalue weighted by molar-refractivity contribution is 0.0926. The van der Waals surface area contributed by atoms with Crippen LogP contribution in [0.4, 0.5) is 8.78 Å². The van der Waals surface area contributed by atoms with Crippen LogP contribution in [0.5, 0.6) is 0 Å². The summed E-state index contributed by atoms with van der Waals surface area (Å²) in [6.07, 6.45) is 6.11. The first-order chi connectivity index (χ1) is 15.6. The van der Waals surface area contributed by atoms with Crippen molar-refractivity contribution in [2.45, 2.75) is 25.3 Å². The van der Waals surface area contributed by atoms with Crippen LogP contribution in [0.3, 0.4) is 0 Å². The van der Waals surface area contributed by atoms with Crippen molar-refractivity contribution >= 4 is 5.91 Å². The van der Waals surface area contributed by atoms with Gasteiger partial charge in [0.25, 0.3) is 5.91 Å². The molecular weight excluding hydrogens is 408 g/mol. The lowest BCUT2D eigenvalue weighted by Gasteiger charge is -2.26. The van der Waals surface area contributed by atoms with E-state index in [1.165, 1.54) is 23.3 Å². The van der Waals surface area contributed by atoms with Crippen molar-refractivity contribution in [1.29, 1.82) is 0 Å². The number of carbonyl (C=O) groups is 1. The summed E-state index contributed by atoms with van der Waals surface area (Å²) in [5.41, 5.74) is 4.98. The van der Waals surface area contributed by atoms with Gasteiger partial charge in [0.1, 0.15) is 5.69 Å². The highest BCUT2D eigenvalue weighted by Crippen LogP contribution is 2.30. The molecule has 6 heteroatoms. The van der Waals surface area contributed by atoms with Gasteiger partial charge in [-0.3, -0.25) is 9.36 Å². The number of hydrogen-bond donors (Lipinski definition) is 1. The molecule has 0 saturated carbocycles. The molecule has 0 bridgehead atoms. The second kappa shape index (κ2) is 8.38. The SMILES string of the molecule is O=C(N[C@H]1CCCc2ccccc21)c1cncn1-c1ccc(-c2ccc(F)c(F)c2)cc1. The van der Waals surface area contributed by atoms with Crippen LogP contribution >= 0.6 is 0 Å². The summed E-state index contributed by atoms with van der Waals surface area (Å²) in [5, 5.41) is 3.16. The molecule has 1 heterocycles. The van der Waals surface area contributed by atoms with E-state index in [9.17, 15) is 13.6 Å². The summed E-state index contributed by atoms with van der Waals surface area (Å²) >= 11 is 0. The molecule has 4 aromatic rings. The number of fused-ring (bicyclic) bond motifs is 1. The quantitative estimate of drug-likeness (QED) is 0.457. The fraction of sp³-hybridized carbons (Fsp3) is 0.154. The van der Waals surface area contributed by atoms with Gasteiger partial charge in [0, 0.05) is 5.69 Å². The highest BCUT2D eigenvalue weighted by atomic mass is 19.2. The zero-order chi connectivity index (χ0) is 22.1. The van der Waals surface area contributed by atoms with Crippen molar-refractivity contribution < 1.29 is 13.6 Å². The summed E-state index contributed by atoms with van der Waals surface area (Å²) in [5.74, 6) is -1.95. The van der Waals surface area contributed by atoms with Gasteiger partial charge in [-0.15, -0.1) is 0 Å². The third kappa shape index (κ3) is 3.80. The van der Waals surface area contributed by atoms with E-state index < -0.39 is 11.6 Å². The Morgan fingerprint density at radius 3 is 2.56 bits per heavy atom. The second-order valence-corrected chi connectivity index (χ2v) is 7.94. The second-order valence-electron chi connectivity index (χ2n) is 7.94. The van der Waals surface area contributed by atoms with Crippen LogP contribution in [-0.4, -0.2) is 15.5 Å². The van der Waals surface area contributed by atoms with Crippen LogP contribution in [0.1, 0.15) is 40.5 Å². The summed E-state index contributed by atoms with van der Waals surface area (Å²) in [6.45, 7) is 0. The van der Waals surface area contributed by atoms with Crippen LogP contribution in [0.25, 0.3) is 16.8 Å². The van der Waals surface area contributed by atoms with Crippen molar-refractivity contribution in [3.05, 3.63) is 108 Å². The number of aryl methyl sites for hydroxylation is 1. The fourth-order valence-corrected chi connectivity index (χ4v) is 4.30. The molecule has 0 spiro atoms. The lowest BCUT2D eigenvalue weighted by Crippen LogP contribution is -2.32. The molecule has 1 aliphatic carbocycles. The van der Waals surface area contributed by atoms with Crippen LogP contribution in [-0.2, 0) is 6.42 Å². The highest BCUT2D eigenvalue weighted by molar-refractivity contribution is 5.93. The maximum Gasteiger partial charge on any atom is 0.270 e. The predicted molar refractivity (Wildman–Crippen MR) is 119 cm³/mol. The number of carbonyl (C=O) groups excluding carboxylic acids is 1. The zero-order valence-corrected chi connectivity index (χ0v) is 17.3. The molecule has 32 heavy (non-hydrogen) atoms. The standard InChI is InChI=1S/C26H21F2N3O/c27-22-13-10-19(14-23(22)28)17-8-11-20(12-9-17)31-16-29-15-25(31)26(32)30-24-7-3-5-18-4-1-2-6-21(18)24/h1-2,4,6,8-16,24H,3,5,7H2,(H,30,32)/t24-/m0/s1. The number of aromatic nitrogens is 2. The van der Waals surface area contributed by atoms with Gasteiger partial charge < -0.3 is 5.32 Å². The maximum atomic E-state index is 13.6. The van der Waals surface area contributed by atoms with Gasteiger partial charge in [-0.2, -0.15) is 0 Å². The number of nitrogens with zero attached hydrogens (tertiary/aromatic N) is 2. The first-order valence-corrected chi connectivity index (χ1v) is 10.6. The Labute approximate surface area is 184 Å². The van der Waals surface area contributed by atoms with Gasteiger partial charge >= 0.3 is 0 Å². The zero-order valence-electron chi connectivity index (χ0n) is 17.3. The van der Waals surface area contributed by atoms with Gasteiger partial charge in [0.2, 0.25) is 0 Å². The minimum Gasteiger partial charge on any atom is -0.344 e. The van der Waals surface area contributed by atoms with Gasteiger partial charge in [-0.1, -0.05) is 42.5 Å². The Morgan fingerprint density at radius 2 is 1.75 bits per heavy atom. The minimum absolute atomic E-state index is 0.0217. The van der Waals surface area contributed by atoms with Crippen molar-refractivity contribution in [3.63, 3.8) is 0 Å². The molecule has 160 valence electrons. The molecule has 0 aliphatic heterocycles. The lowest BCUT2D eigenvalue weighted by atomic mass is 9.88. The predicted octanol–water partition coefficient (Wildman–Crippen LogP) is 5.62. The minimum atomic E-state index is -0.885. The Morgan fingerprint density at radius 1 is 0.969 bits per heavy atom.